The van der Waals surface area contributed by atoms with Crippen LogP contribution < -0.4 is 16.0 Å². The van der Waals surface area contributed by atoms with Crippen molar-refractivity contribution < 1.29 is 9.59 Å². The molecule has 4 amide bonds. The Morgan fingerprint density at radius 1 is 0.967 bits per heavy atom. The third-order valence-electron chi connectivity index (χ3n) is 6.49. The number of carbonyl (C=O) groups excluding carboxylic acids is 2. The third-order valence-corrected chi connectivity index (χ3v) is 6.49. The van der Waals surface area contributed by atoms with E-state index >= 15 is 0 Å². The van der Waals surface area contributed by atoms with Gasteiger partial charge in [-0.25, -0.2) is 9.59 Å². The Labute approximate surface area is 181 Å². The summed E-state index contributed by atoms with van der Waals surface area (Å²) in [4.78, 5) is 26.8. The third kappa shape index (κ3) is 6.92. The van der Waals surface area contributed by atoms with Crippen molar-refractivity contribution in [2.45, 2.75) is 52.9 Å². The number of rotatable bonds is 5. The monoisotopic (exact) mass is 414 g/mol. The van der Waals surface area contributed by atoms with Crippen molar-refractivity contribution in [2.24, 2.45) is 23.7 Å². The smallest absolute Gasteiger partial charge is 0.319 e. The first kappa shape index (κ1) is 22.4. The molecule has 166 valence electrons. The van der Waals surface area contributed by atoms with Crippen LogP contribution in [0.5, 0.6) is 0 Å². The Morgan fingerprint density at radius 3 is 2.33 bits per heavy atom. The van der Waals surface area contributed by atoms with Crippen LogP contribution in [0.15, 0.2) is 24.3 Å². The molecule has 1 aromatic carbocycles. The number of hydrogen-bond acceptors (Lipinski definition) is 2. The number of nitrogens with zero attached hydrogens (tertiary/aromatic N) is 1. The quantitative estimate of drug-likeness (QED) is 0.658. The second-order valence-electron chi connectivity index (χ2n) is 9.62. The van der Waals surface area contributed by atoms with Crippen LogP contribution in [0, 0.1) is 30.6 Å². The zero-order valence-corrected chi connectivity index (χ0v) is 18.7. The molecule has 2 fully saturated rings. The Balaban J connectivity index is 1.38. The lowest BCUT2D eigenvalue weighted by Crippen LogP contribution is -2.49. The average molecular weight is 415 g/mol. The minimum atomic E-state index is -0.194. The molecule has 0 aromatic heterocycles. The molecular formula is C24H38N4O2. The molecule has 2 aliphatic rings. The van der Waals surface area contributed by atoms with Crippen LogP contribution in [-0.4, -0.2) is 43.1 Å². The van der Waals surface area contributed by atoms with Gasteiger partial charge in [-0.2, -0.15) is 0 Å². The molecule has 1 saturated heterocycles. The van der Waals surface area contributed by atoms with E-state index in [4.69, 9.17) is 0 Å². The number of hydrogen-bond donors (Lipinski definition) is 3. The summed E-state index contributed by atoms with van der Waals surface area (Å²) in [7, 11) is 0. The first-order valence-electron chi connectivity index (χ1n) is 11.5. The molecule has 1 saturated carbocycles. The van der Waals surface area contributed by atoms with Gasteiger partial charge < -0.3 is 20.9 Å². The molecule has 3 rings (SSSR count). The Kier molecular flexibility index (Phi) is 8.00. The summed E-state index contributed by atoms with van der Waals surface area (Å²) in [6.07, 6.45) is 5.76. The minimum Gasteiger partial charge on any atom is -0.338 e. The van der Waals surface area contributed by atoms with Crippen molar-refractivity contribution in [3.63, 3.8) is 0 Å². The summed E-state index contributed by atoms with van der Waals surface area (Å²) >= 11 is 0. The second-order valence-corrected chi connectivity index (χ2v) is 9.62. The highest BCUT2D eigenvalue weighted by atomic mass is 16.2. The van der Waals surface area contributed by atoms with E-state index < -0.39 is 0 Å². The summed E-state index contributed by atoms with van der Waals surface area (Å²) < 4.78 is 0. The predicted molar refractivity (Wildman–Crippen MR) is 122 cm³/mol. The van der Waals surface area contributed by atoms with Gasteiger partial charge in [-0.3, -0.25) is 0 Å². The SMILES string of the molecule is Cc1ccc(NC(=O)NCC2CCCN(C(=O)NCC3CC(C)CC(C)C3)C2)cc1. The van der Waals surface area contributed by atoms with Crippen LogP contribution in [0.2, 0.25) is 0 Å². The summed E-state index contributed by atoms with van der Waals surface area (Å²) in [6, 6.07) is 7.60. The lowest BCUT2D eigenvalue weighted by molar-refractivity contribution is 0.158. The van der Waals surface area contributed by atoms with Crippen LogP contribution in [-0.2, 0) is 0 Å². The molecule has 1 aromatic rings. The fraction of sp³-hybridized carbons (Fsp3) is 0.667. The van der Waals surface area contributed by atoms with Crippen LogP contribution in [0.3, 0.4) is 0 Å². The number of amides is 4. The van der Waals surface area contributed by atoms with Gasteiger partial charge in [0.1, 0.15) is 0 Å². The topological polar surface area (TPSA) is 73.5 Å². The molecule has 1 heterocycles. The van der Waals surface area contributed by atoms with E-state index in [2.05, 4.69) is 29.8 Å². The van der Waals surface area contributed by atoms with E-state index in [0.29, 0.717) is 24.9 Å². The van der Waals surface area contributed by atoms with Gasteiger partial charge in [-0.05, 0) is 74.8 Å². The van der Waals surface area contributed by atoms with Crippen molar-refractivity contribution in [1.82, 2.24) is 15.5 Å². The van der Waals surface area contributed by atoms with Gasteiger partial charge in [0.05, 0.1) is 0 Å². The van der Waals surface area contributed by atoms with E-state index in [0.717, 1.165) is 49.0 Å². The number of aryl methyl sites for hydroxylation is 1. The van der Waals surface area contributed by atoms with E-state index in [9.17, 15) is 9.59 Å². The van der Waals surface area contributed by atoms with Crippen LogP contribution in [0.25, 0.3) is 0 Å². The molecule has 3 unspecified atom stereocenters. The first-order valence-corrected chi connectivity index (χ1v) is 11.5. The average Bonchev–Trinajstić information content (AvgIpc) is 2.72. The van der Waals surface area contributed by atoms with E-state index in [-0.39, 0.29) is 12.1 Å². The molecule has 6 nitrogen and oxygen atoms in total. The molecule has 0 radical (unpaired) electrons. The van der Waals surface area contributed by atoms with Crippen molar-refractivity contribution in [2.75, 3.05) is 31.5 Å². The molecule has 0 bridgehead atoms. The number of anilines is 1. The number of benzene rings is 1. The molecule has 6 heteroatoms. The lowest BCUT2D eigenvalue weighted by Gasteiger charge is -2.35. The number of carbonyl (C=O) groups is 2. The van der Waals surface area contributed by atoms with Gasteiger partial charge in [0.2, 0.25) is 0 Å². The highest BCUT2D eigenvalue weighted by Crippen LogP contribution is 2.32. The normalized spacial score (nSPS) is 26.7. The number of piperidine rings is 1. The maximum Gasteiger partial charge on any atom is 0.319 e. The number of urea groups is 2. The van der Waals surface area contributed by atoms with E-state index in [1.54, 1.807) is 0 Å². The van der Waals surface area contributed by atoms with Gasteiger partial charge in [0.15, 0.2) is 0 Å². The molecule has 1 aliphatic carbocycles. The molecule has 1 aliphatic heterocycles. The van der Waals surface area contributed by atoms with Gasteiger partial charge in [0, 0.05) is 31.9 Å². The maximum absolute atomic E-state index is 12.7. The Hall–Kier alpha value is -2.24. The summed E-state index contributed by atoms with van der Waals surface area (Å²) in [6.45, 7) is 9.53. The highest BCUT2D eigenvalue weighted by Gasteiger charge is 2.27. The largest absolute Gasteiger partial charge is 0.338 e. The molecule has 0 spiro atoms. The van der Waals surface area contributed by atoms with Crippen molar-refractivity contribution in [1.29, 1.82) is 0 Å². The summed E-state index contributed by atoms with van der Waals surface area (Å²) in [5.41, 5.74) is 1.95. The zero-order chi connectivity index (χ0) is 21.5. The van der Waals surface area contributed by atoms with Crippen LogP contribution >= 0.6 is 0 Å². The van der Waals surface area contributed by atoms with Crippen LogP contribution in [0.4, 0.5) is 15.3 Å². The second kappa shape index (κ2) is 10.7. The number of nitrogens with one attached hydrogen (secondary N) is 3. The fourth-order valence-corrected chi connectivity index (χ4v) is 5.09. The van der Waals surface area contributed by atoms with Gasteiger partial charge in [-0.15, -0.1) is 0 Å². The molecule has 3 N–H and O–H groups in total. The minimum absolute atomic E-state index is 0.0506. The first-order chi connectivity index (χ1) is 14.4. The van der Waals surface area contributed by atoms with Gasteiger partial charge in [0.25, 0.3) is 0 Å². The molecular weight excluding hydrogens is 376 g/mol. The van der Waals surface area contributed by atoms with E-state index in [1.807, 2.05) is 36.1 Å². The Morgan fingerprint density at radius 2 is 1.63 bits per heavy atom. The number of likely N-dealkylation sites (tertiary alicyclic amines) is 1. The van der Waals surface area contributed by atoms with Gasteiger partial charge >= 0.3 is 12.1 Å². The van der Waals surface area contributed by atoms with Crippen molar-refractivity contribution in [3.05, 3.63) is 29.8 Å². The molecule has 30 heavy (non-hydrogen) atoms. The predicted octanol–water partition coefficient (Wildman–Crippen LogP) is 4.61. The Bertz CT molecular complexity index is 696. The standard InChI is InChI=1S/C24H38N4O2/c1-17-6-8-22(9-7-17)27-23(29)25-14-20-5-4-10-28(16-20)24(30)26-15-21-12-18(2)11-19(3)13-21/h6-9,18-21H,4-5,10-16H2,1-3H3,(H,26,30)(H2,25,27,29). The molecule has 3 atom stereocenters. The van der Waals surface area contributed by atoms with Gasteiger partial charge in [-0.1, -0.05) is 31.5 Å². The van der Waals surface area contributed by atoms with E-state index in [1.165, 1.54) is 19.3 Å². The zero-order valence-electron chi connectivity index (χ0n) is 18.7. The van der Waals surface area contributed by atoms with Crippen molar-refractivity contribution >= 4 is 17.7 Å². The maximum atomic E-state index is 12.7. The summed E-state index contributed by atoms with van der Waals surface area (Å²) in [5.74, 6) is 2.41. The van der Waals surface area contributed by atoms with Crippen molar-refractivity contribution in [3.8, 4) is 0 Å². The fourth-order valence-electron chi connectivity index (χ4n) is 5.09. The summed E-state index contributed by atoms with van der Waals surface area (Å²) in [5, 5.41) is 9.00. The van der Waals surface area contributed by atoms with Crippen LogP contribution in [0.1, 0.15) is 51.5 Å². The highest BCUT2D eigenvalue weighted by molar-refractivity contribution is 5.89. The lowest BCUT2D eigenvalue weighted by atomic mass is 9.77.